The lowest BCUT2D eigenvalue weighted by molar-refractivity contribution is 0.0690. The van der Waals surface area contributed by atoms with Crippen molar-refractivity contribution in [3.63, 3.8) is 0 Å². The number of hydrogen-bond acceptors (Lipinski definition) is 4. The molecule has 0 bridgehead atoms. The van der Waals surface area contributed by atoms with Crippen LogP contribution in [0.2, 0.25) is 0 Å². The highest BCUT2D eigenvalue weighted by molar-refractivity contribution is 5.85. The van der Waals surface area contributed by atoms with Gasteiger partial charge in [-0.1, -0.05) is 0 Å². The summed E-state index contributed by atoms with van der Waals surface area (Å²) < 4.78 is 5.55. The van der Waals surface area contributed by atoms with Crippen molar-refractivity contribution in [2.45, 2.75) is 25.5 Å². The summed E-state index contributed by atoms with van der Waals surface area (Å²) in [6.45, 7) is 0.255. The van der Waals surface area contributed by atoms with E-state index in [0.717, 1.165) is 12.8 Å². The van der Waals surface area contributed by atoms with Gasteiger partial charge < -0.3 is 15.6 Å². The van der Waals surface area contributed by atoms with Crippen molar-refractivity contribution in [2.24, 2.45) is 5.73 Å². The average Bonchev–Trinajstić information content (AvgIpc) is 3.02. The van der Waals surface area contributed by atoms with Crippen molar-refractivity contribution in [1.29, 1.82) is 0 Å². The van der Waals surface area contributed by atoms with Crippen LogP contribution in [0, 0.1) is 0 Å². The van der Waals surface area contributed by atoms with Crippen LogP contribution in [-0.2, 0) is 6.54 Å². The molecular formula is C10H12N2O3. The lowest BCUT2D eigenvalue weighted by Gasteiger charge is -2.09. The van der Waals surface area contributed by atoms with Crippen molar-refractivity contribution in [3.8, 4) is 5.75 Å². The Bertz CT molecular complexity index is 388. The zero-order valence-corrected chi connectivity index (χ0v) is 8.14. The lowest BCUT2D eigenvalue weighted by atomic mass is 10.2. The second-order valence-corrected chi connectivity index (χ2v) is 3.50. The number of carboxylic acid groups (broad SMARTS) is 1. The Balaban J connectivity index is 2.25. The molecule has 0 unspecified atom stereocenters. The number of carboxylic acids is 1. The first kappa shape index (κ1) is 9.92. The summed E-state index contributed by atoms with van der Waals surface area (Å²) in [4.78, 5) is 14.5. The topological polar surface area (TPSA) is 85.4 Å². The van der Waals surface area contributed by atoms with Crippen molar-refractivity contribution >= 4 is 5.97 Å². The molecule has 80 valence electrons. The van der Waals surface area contributed by atoms with E-state index in [0.29, 0.717) is 11.3 Å². The standard InChI is InChI=1S/C10H12N2O3/c11-4-6-3-8(10(13)14)12-5-9(6)15-7-1-2-7/h3,5,7H,1-2,4,11H2,(H,13,14). The van der Waals surface area contributed by atoms with Crippen LogP contribution in [0.5, 0.6) is 5.75 Å². The Kier molecular flexibility index (Phi) is 2.55. The first-order chi connectivity index (χ1) is 7.20. The molecule has 15 heavy (non-hydrogen) atoms. The number of aromatic carboxylic acids is 1. The summed E-state index contributed by atoms with van der Waals surface area (Å²) in [6, 6.07) is 1.46. The summed E-state index contributed by atoms with van der Waals surface area (Å²) in [5.74, 6) is -0.451. The summed E-state index contributed by atoms with van der Waals surface area (Å²) in [6.07, 6.45) is 3.78. The van der Waals surface area contributed by atoms with E-state index in [2.05, 4.69) is 4.98 Å². The molecule has 1 aliphatic carbocycles. The van der Waals surface area contributed by atoms with E-state index in [1.165, 1.54) is 12.3 Å². The van der Waals surface area contributed by atoms with Crippen LogP contribution in [0.3, 0.4) is 0 Å². The van der Waals surface area contributed by atoms with Gasteiger partial charge in [-0.3, -0.25) is 0 Å². The number of pyridine rings is 1. The Hall–Kier alpha value is -1.62. The number of nitrogens with zero attached hydrogens (tertiary/aromatic N) is 1. The number of rotatable bonds is 4. The number of ether oxygens (including phenoxy) is 1. The third-order valence-corrected chi connectivity index (χ3v) is 2.21. The Morgan fingerprint density at radius 2 is 2.40 bits per heavy atom. The molecule has 0 atom stereocenters. The van der Waals surface area contributed by atoms with Crippen molar-refractivity contribution in [2.75, 3.05) is 0 Å². The van der Waals surface area contributed by atoms with E-state index in [9.17, 15) is 4.79 Å². The zero-order chi connectivity index (χ0) is 10.8. The molecule has 5 heteroatoms. The van der Waals surface area contributed by atoms with Gasteiger partial charge in [0.15, 0.2) is 0 Å². The van der Waals surface area contributed by atoms with Gasteiger partial charge in [0.05, 0.1) is 12.3 Å². The van der Waals surface area contributed by atoms with E-state index in [1.807, 2.05) is 0 Å². The first-order valence-electron chi connectivity index (χ1n) is 4.79. The van der Waals surface area contributed by atoms with Crippen LogP contribution >= 0.6 is 0 Å². The molecule has 5 nitrogen and oxygen atoms in total. The molecule has 1 heterocycles. The summed E-state index contributed by atoms with van der Waals surface area (Å²) >= 11 is 0. The van der Waals surface area contributed by atoms with Gasteiger partial charge in [-0.25, -0.2) is 9.78 Å². The largest absolute Gasteiger partial charge is 0.488 e. The average molecular weight is 208 g/mol. The summed E-state index contributed by atoms with van der Waals surface area (Å²) in [5, 5.41) is 8.75. The van der Waals surface area contributed by atoms with Crippen LogP contribution in [-0.4, -0.2) is 22.2 Å². The maximum atomic E-state index is 10.7. The first-order valence-corrected chi connectivity index (χ1v) is 4.79. The van der Waals surface area contributed by atoms with Gasteiger partial charge in [-0.15, -0.1) is 0 Å². The molecule has 1 fully saturated rings. The molecule has 1 saturated carbocycles. The lowest BCUT2D eigenvalue weighted by Crippen LogP contribution is -2.08. The second kappa shape index (κ2) is 3.86. The molecule has 2 rings (SSSR count). The second-order valence-electron chi connectivity index (χ2n) is 3.50. The monoisotopic (exact) mass is 208 g/mol. The van der Waals surface area contributed by atoms with Gasteiger partial charge in [0.25, 0.3) is 0 Å². The minimum Gasteiger partial charge on any atom is -0.488 e. The van der Waals surface area contributed by atoms with Crippen molar-refractivity contribution < 1.29 is 14.6 Å². The van der Waals surface area contributed by atoms with Gasteiger partial charge in [0.1, 0.15) is 11.4 Å². The van der Waals surface area contributed by atoms with Crippen molar-refractivity contribution in [1.82, 2.24) is 4.98 Å². The molecule has 0 aliphatic heterocycles. The highest BCUT2D eigenvalue weighted by Crippen LogP contribution is 2.28. The highest BCUT2D eigenvalue weighted by Gasteiger charge is 2.24. The molecule has 0 amide bonds. The predicted molar refractivity (Wildman–Crippen MR) is 52.7 cm³/mol. The van der Waals surface area contributed by atoms with Crippen LogP contribution < -0.4 is 10.5 Å². The molecule has 0 radical (unpaired) electrons. The van der Waals surface area contributed by atoms with Crippen LogP contribution in [0.25, 0.3) is 0 Å². The third-order valence-electron chi connectivity index (χ3n) is 2.21. The Labute approximate surface area is 86.9 Å². The fourth-order valence-corrected chi connectivity index (χ4v) is 1.23. The zero-order valence-electron chi connectivity index (χ0n) is 8.14. The minimum atomic E-state index is -1.05. The Morgan fingerprint density at radius 3 is 2.93 bits per heavy atom. The fraction of sp³-hybridized carbons (Fsp3) is 0.400. The van der Waals surface area contributed by atoms with Crippen molar-refractivity contribution in [3.05, 3.63) is 23.5 Å². The summed E-state index contributed by atoms with van der Waals surface area (Å²) in [5.41, 5.74) is 6.20. The van der Waals surface area contributed by atoms with E-state index in [-0.39, 0.29) is 18.3 Å². The smallest absolute Gasteiger partial charge is 0.354 e. The Morgan fingerprint density at radius 1 is 1.67 bits per heavy atom. The van der Waals surface area contributed by atoms with E-state index < -0.39 is 5.97 Å². The van der Waals surface area contributed by atoms with E-state index in [4.69, 9.17) is 15.6 Å². The number of hydrogen-bond donors (Lipinski definition) is 2. The fourth-order valence-electron chi connectivity index (χ4n) is 1.23. The van der Waals surface area contributed by atoms with Crippen LogP contribution in [0.1, 0.15) is 28.9 Å². The number of nitrogens with two attached hydrogens (primary N) is 1. The third kappa shape index (κ3) is 2.24. The molecule has 1 aromatic heterocycles. The van der Waals surface area contributed by atoms with E-state index in [1.54, 1.807) is 0 Å². The maximum absolute atomic E-state index is 10.7. The van der Waals surface area contributed by atoms with Gasteiger partial charge in [-0.2, -0.15) is 0 Å². The SMILES string of the molecule is NCc1cc(C(=O)O)ncc1OC1CC1. The minimum absolute atomic E-state index is 0.00130. The number of carbonyl (C=O) groups is 1. The van der Waals surface area contributed by atoms with Gasteiger partial charge in [0, 0.05) is 12.1 Å². The highest BCUT2D eigenvalue weighted by atomic mass is 16.5. The molecule has 0 aromatic carbocycles. The molecule has 0 spiro atoms. The normalized spacial score (nSPS) is 15.0. The molecule has 0 saturated heterocycles. The van der Waals surface area contributed by atoms with Gasteiger partial charge >= 0.3 is 5.97 Å². The van der Waals surface area contributed by atoms with E-state index >= 15 is 0 Å². The molecule has 1 aromatic rings. The van der Waals surface area contributed by atoms with Crippen LogP contribution in [0.15, 0.2) is 12.3 Å². The maximum Gasteiger partial charge on any atom is 0.354 e. The van der Waals surface area contributed by atoms with Gasteiger partial charge in [-0.05, 0) is 18.9 Å². The van der Waals surface area contributed by atoms with Gasteiger partial charge in [0.2, 0.25) is 0 Å². The quantitative estimate of drug-likeness (QED) is 0.763. The predicted octanol–water partition coefficient (Wildman–Crippen LogP) is 0.780. The number of aromatic nitrogens is 1. The molecule has 1 aliphatic rings. The van der Waals surface area contributed by atoms with Crippen LogP contribution in [0.4, 0.5) is 0 Å². The summed E-state index contributed by atoms with van der Waals surface area (Å²) in [7, 11) is 0. The molecule has 3 N–H and O–H groups in total. The molecular weight excluding hydrogens is 196 g/mol.